The molecule has 0 saturated carbocycles. The lowest BCUT2D eigenvalue weighted by atomic mass is 10.3. The Bertz CT molecular complexity index is 933. The van der Waals surface area contributed by atoms with Gasteiger partial charge in [-0.1, -0.05) is 23.7 Å². The molecular weight excluding hydrogens is 432 g/mol. The van der Waals surface area contributed by atoms with Crippen molar-refractivity contribution in [2.45, 2.75) is 4.90 Å². The van der Waals surface area contributed by atoms with Gasteiger partial charge in [0.2, 0.25) is 0 Å². The molecule has 0 spiro atoms. The fourth-order valence-electron chi connectivity index (χ4n) is 2.79. The first-order chi connectivity index (χ1) is 13.9. The van der Waals surface area contributed by atoms with E-state index in [4.69, 9.17) is 28.6 Å². The maximum Gasteiger partial charge on any atom is 0.261 e. The molecule has 0 radical (unpaired) electrons. The smallest absolute Gasteiger partial charge is 0.261 e. The monoisotopic (exact) mass is 454 g/mol. The normalized spacial score (nSPS) is 14.9. The summed E-state index contributed by atoms with van der Waals surface area (Å²) >= 11 is 11.3. The lowest BCUT2D eigenvalue weighted by Crippen LogP contribution is -2.42. The lowest BCUT2D eigenvalue weighted by molar-refractivity contribution is 0.0389. The number of hydrogen-bond acceptors (Lipinski definition) is 5. The molecule has 0 bridgehead atoms. The molecule has 156 valence electrons. The van der Waals surface area contributed by atoms with Crippen LogP contribution in [-0.4, -0.2) is 57.8 Å². The fraction of sp³-hybridized carbons (Fsp3) is 0.316. The van der Waals surface area contributed by atoms with Gasteiger partial charge in [0.25, 0.3) is 10.0 Å². The van der Waals surface area contributed by atoms with Crippen LogP contribution in [0.3, 0.4) is 0 Å². The van der Waals surface area contributed by atoms with Crippen molar-refractivity contribution >= 4 is 50.3 Å². The Labute approximate surface area is 181 Å². The van der Waals surface area contributed by atoms with Crippen molar-refractivity contribution in [1.29, 1.82) is 0 Å². The van der Waals surface area contributed by atoms with Crippen LogP contribution in [-0.2, 0) is 14.8 Å². The Hall–Kier alpha value is -1.91. The highest BCUT2D eigenvalue weighted by molar-refractivity contribution is 7.92. The number of nitrogens with zero attached hydrogens (tertiary/aromatic N) is 1. The minimum absolute atomic E-state index is 0.133. The quantitative estimate of drug-likeness (QED) is 0.555. The van der Waals surface area contributed by atoms with Crippen LogP contribution in [0.5, 0.6) is 0 Å². The third-order valence-electron chi connectivity index (χ3n) is 4.36. The minimum atomic E-state index is -3.73. The third kappa shape index (κ3) is 6.55. The maximum atomic E-state index is 12.5. The van der Waals surface area contributed by atoms with E-state index in [0.717, 1.165) is 39.4 Å². The SMILES string of the molecule is O=S(=O)(Nc1ccccc1Cl)c1ccc(NC(=S)NCCN2CCOCC2)cc1. The topological polar surface area (TPSA) is 82.7 Å². The van der Waals surface area contributed by atoms with Gasteiger partial charge < -0.3 is 15.4 Å². The van der Waals surface area contributed by atoms with E-state index in [1.165, 1.54) is 12.1 Å². The Kier molecular flexibility index (Phi) is 7.68. The predicted molar refractivity (Wildman–Crippen MR) is 120 cm³/mol. The van der Waals surface area contributed by atoms with Crippen molar-refractivity contribution < 1.29 is 13.2 Å². The molecule has 0 atom stereocenters. The summed E-state index contributed by atoms with van der Waals surface area (Å²) in [5.74, 6) is 0. The molecule has 2 aromatic carbocycles. The molecular formula is C19H23ClN4O3S2. The Morgan fingerprint density at radius 2 is 1.79 bits per heavy atom. The van der Waals surface area contributed by atoms with Crippen molar-refractivity contribution in [3.05, 3.63) is 53.6 Å². The molecule has 1 aliphatic heterocycles. The lowest BCUT2D eigenvalue weighted by Gasteiger charge is -2.26. The van der Waals surface area contributed by atoms with E-state index in [1.807, 2.05) is 0 Å². The van der Waals surface area contributed by atoms with Crippen LogP contribution < -0.4 is 15.4 Å². The third-order valence-corrected chi connectivity index (χ3v) is 6.32. The summed E-state index contributed by atoms with van der Waals surface area (Å²) in [7, 11) is -3.73. The average molecular weight is 455 g/mol. The minimum Gasteiger partial charge on any atom is -0.379 e. The Balaban J connectivity index is 1.51. The second-order valence-electron chi connectivity index (χ2n) is 6.44. The Morgan fingerprint density at radius 3 is 2.48 bits per heavy atom. The van der Waals surface area contributed by atoms with Crippen molar-refractivity contribution in [3.8, 4) is 0 Å². The Morgan fingerprint density at radius 1 is 1.10 bits per heavy atom. The van der Waals surface area contributed by atoms with E-state index in [0.29, 0.717) is 21.5 Å². The van der Waals surface area contributed by atoms with Gasteiger partial charge in [-0.15, -0.1) is 0 Å². The number of halogens is 1. The van der Waals surface area contributed by atoms with E-state index in [9.17, 15) is 8.42 Å². The number of anilines is 2. The van der Waals surface area contributed by atoms with Crippen LogP contribution in [0.4, 0.5) is 11.4 Å². The summed E-state index contributed by atoms with van der Waals surface area (Å²) in [4.78, 5) is 2.44. The van der Waals surface area contributed by atoms with Gasteiger partial charge in [0.1, 0.15) is 0 Å². The zero-order valence-electron chi connectivity index (χ0n) is 15.7. The second-order valence-corrected chi connectivity index (χ2v) is 8.94. The number of para-hydroxylation sites is 1. The van der Waals surface area contributed by atoms with E-state index >= 15 is 0 Å². The number of morpholine rings is 1. The molecule has 1 saturated heterocycles. The number of nitrogens with one attached hydrogen (secondary N) is 3. The largest absolute Gasteiger partial charge is 0.379 e. The molecule has 1 heterocycles. The van der Waals surface area contributed by atoms with Crippen molar-refractivity contribution in [1.82, 2.24) is 10.2 Å². The molecule has 10 heteroatoms. The number of rotatable bonds is 7. The summed E-state index contributed by atoms with van der Waals surface area (Å²) in [6, 6.07) is 13.0. The van der Waals surface area contributed by atoms with E-state index < -0.39 is 10.0 Å². The molecule has 0 amide bonds. The van der Waals surface area contributed by atoms with Crippen LogP contribution in [0, 0.1) is 0 Å². The van der Waals surface area contributed by atoms with Gasteiger partial charge in [0.15, 0.2) is 5.11 Å². The maximum absolute atomic E-state index is 12.5. The van der Waals surface area contributed by atoms with Crippen LogP contribution in [0.15, 0.2) is 53.4 Å². The number of benzene rings is 2. The second kappa shape index (κ2) is 10.2. The summed E-state index contributed by atoms with van der Waals surface area (Å²) in [5.41, 5.74) is 1.03. The zero-order chi connectivity index (χ0) is 20.7. The van der Waals surface area contributed by atoms with Gasteiger partial charge in [-0.25, -0.2) is 8.42 Å². The standard InChI is InChI=1S/C19H23ClN4O3S2/c20-17-3-1-2-4-18(17)23-29(25,26)16-7-5-15(6-8-16)22-19(28)21-9-10-24-11-13-27-14-12-24/h1-8,23H,9-14H2,(H2,21,22,28). The van der Waals surface area contributed by atoms with Gasteiger partial charge >= 0.3 is 0 Å². The molecule has 2 aromatic rings. The van der Waals surface area contributed by atoms with E-state index in [-0.39, 0.29) is 4.90 Å². The number of thiocarbonyl (C=S) groups is 1. The number of ether oxygens (including phenoxy) is 1. The molecule has 1 aliphatic rings. The zero-order valence-corrected chi connectivity index (χ0v) is 18.1. The summed E-state index contributed by atoms with van der Waals surface area (Å²) in [6.45, 7) is 5.00. The molecule has 3 N–H and O–H groups in total. The summed E-state index contributed by atoms with van der Waals surface area (Å²) in [5, 5.41) is 7.04. The highest BCUT2D eigenvalue weighted by atomic mass is 35.5. The first-order valence-electron chi connectivity index (χ1n) is 9.16. The molecule has 1 fully saturated rings. The first-order valence-corrected chi connectivity index (χ1v) is 11.4. The highest BCUT2D eigenvalue weighted by Crippen LogP contribution is 2.24. The van der Waals surface area contributed by atoms with Crippen LogP contribution in [0.1, 0.15) is 0 Å². The highest BCUT2D eigenvalue weighted by Gasteiger charge is 2.15. The van der Waals surface area contributed by atoms with Gasteiger partial charge in [0.05, 0.1) is 28.8 Å². The van der Waals surface area contributed by atoms with Gasteiger partial charge in [-0.2, -0.15) is 0 Å². The predicted octanol–water partition coefficient (Wildman–Crippen LogP) is 2.76. The van der Waals surface area contributed by atoms with Crippen LogP contribution >= 0.6 is 23.8 Å². The summed E-state index contributed by atoms with van der Waals surface area (Å²) in [6.07, 6.45) is 0. The van der Waals surface area contributed by atoms with Crippen LogP contribution in [0.25, 0.3) is 0 Å². The van der Waals surface area contributed by atoms with Crippen LogP contribution in [0.2, 0.25) is 5.02 Å². The fourth-order valence-corrected chi connectivity index (χ4v) is 4.33. The number of sulfonamides is 1. The van der Waals surface area contributed by atoms with Gasteiger partial charge in [-0.3, -0.25) is 9.62 Å². The van der Waals surface area contributed by atoms with Gasteiger partial charge in [0, 0.05) is 31.9 Å². The molecule has 3 rings (SSSR count). The molecule has 0 unspecified atom stereocenters. The van der Waals surface area contributed by atoms with Crippen molar-refractivity contribution in [2.24, 2.45) is 0 Å². The number of hydrogen-bond donors (Lipinski definition) is 3. The van der Waals surface area contributed by atoms with E-state index in [2.05, 4.69) is 20.3 Å². The molecule has 7 nitrogen and oxygen atoms in total. The van der Waals surface area contributed by atoms with Crippen molar-refractivity contribution in [2.75, 3.05) is 49.4 Å². The molecule has 29 heavy (non-hydrogen) atoms. The average Bonchev–Trinajstić information content (AvgIpc) is 2.71. The molecule has 0 aliphatic carbocycles. The van der Waals surface area contributed by atoms with Gasteiger partial charge in [-0.05, 0) is 48.6 Å². The summed E-state index contributed by atoms with van der Waals surface area (Å²) < 4.78 is 32.9. The van der Waals surface area contributed by atoms with E-state index in [1.54, 1.807) is 36.4 Å². The van der Waals surface area contributed by atoms with Crippen molar-refractivity contribution in [3.63, 3.8) is 0 Å². The molecule has 0 aromatic heterocycles. The first kappa shape index (κ1) is 21.8.